The van der Waals surface area contributed by atoms with Crippen molar-refractivity contribution in [3.05, 3.63) is 28.3 Å². The minimum atomic E-state index is -0.636. The monoisotopic (exact) mass is 254 g/mol. The van der Waals surface area contributed by atoms with Crippen molar-refractivity contribution in [1.29, 1.82) is 0 Å². The maximum Gasteiger partial charge on any atom is 0.128 e. The second kappa shape index (κ2) is 4.48. The summed E-state index contributed by atoms with van der Waals surface area (Å²) in [4.78, 5) is 0. The second-order valence-corrected chi connectivity index (χ2v) is 5.01. The number of aliphatic hydroxyl groups is 1. The van der Waals surface area contributed by atoms with Gasteiger partial charge in [-0.2, -0.15) is 0 Å². The fourth-order valence-corrected chi connectivity index (χ4v) is 2.82. The molecule has 4 heteroatoms. The maximum absolute atomic E-state index is 10.3. The van der Waals surface area contributed by atoms with Crippen LogP contribution in [0.2, 0.25) is 5.02 Å². The number of ether oxygens (including phenoxy) is 2. The molecule has 2 atom stereocenters. The average Bonchev–Trinajstić information content (AvgIpc) is 2.97. The first kappa shape index (κ1) is 11.3. The van der Waals surface area contributed by atoms with Crippen molar-refractivity contribution in [2.24, 2.45) is 0 Å². The highest BCUT2D eigenvalue weighted by atomic mass is 35.5. The average molecular weight is 255 g/mol. The summed E-state index contributed by atoms with van der Waals surface area (Å²) >= 11 is 6.07. The van der Waals surface area contributed by atoms with Crippen molar-refractivity contribution >= 4 is 11.6 Å². The third-order valence-corrected chi connectivity index (χ3v) is 3.63. The van der Waals surface area contributed by atoms with E-state index in [2.05, 4.69) is 0 Å². The molecule has 2 unspecified atom stereocenters. The summed E-state index contributed by atoms with van der Waals surface area (Å²) in [6.07, 6.45) is 2.00. The highest BCUT2D eigenvalue weighted by Gasteiger charge is 2.30. The molecule has 2 aliphatic heterocycles. The van der Waals surface area contributed by atoms with Crippen LogP contribution < -0.4 is 4.74 Å². The summed E-state index contributed by atoms with van der Waals surface area (Å²) in [6, 6.07) is 3.70. The molecule has 17 heavy (non-hydrogen) atoms. The van der Waals surface area contributed by atoms with Crippen molar-refractivity contribution in [3.63, 3.8) is 0 Å². The normalized spacial score (nSPS) is 24.5. The van der Waals surface area contributed by atoms with Gasteiger partial charge in [0.2, 0.25) is 0 Å². The molecule has 2 heterocycles. The van der Waals surface area contributed by atoms with Crippen molar-refractivity contribution in [1.82, 2.24) is 0 Å². The zero-order valence-electron chi connectivity index (χ0n) is 9.49. The highest BCUT2D eigenvalue weighted by Crippen LogP contribution is 2.39. The molecule has 1 aromatic rings. The minimum absolute atomic E-state index is 0.123. The summed E-state index contributed by atoms with van der Waals surface area (Å²) in [7, 11) is 0. The summed E-state index contributed by atoms with van der Waals surface area (Å²) in [5.41, 5.74) is 1.86. The first-order valence-corrected chi connectivity index (χ1v) is 6.38. The van der Waals surface area contributed by atoms with E-state index in [-0.39, 0.29) is 6.10 Å². The zero-order valence-corrected chi connectivity index (χ0v) is 10.2. The van der Waals surface area contributed by atoms with Gasteiger partial charge in [0.15, 0.2) is 0 Å². The molecule has 0 aliphatic carbocycles. The van der Waals surface area contributed by atoms with E-state index in [1.54, 1.807) is 6.07 Å². The van der Waals surface area contributed by atoms with E-state index >= 15 is 0 Å². The summed E-state index contributed by atoms with van der Waals surface area (Å²) < 4.78 is 11.1. The molecule has 3 rings (SSSR count). The van der Waals surface area contributed by atoms with Crippen LogP contribution in [0.1, 0.15) is 30.1 Å². The lowest BCUT2D eigenvalue weighted by Crippen LogP contribution is -2.17. The topological polar surface area (TPSA) is 38.7 Å². The van der Waals surface area contributed by atoms with Crippen LogP contribution in [0.3, 0.4) is 0 Å². The molecule has 1 fully saturated rings. The number of halogens is 1. The summed E-state index contributed by atoms with van der Waals surface area (Å²) in [5.74, 6) is 0.803. The number of aliphatic hydroxyl groups excluding tert-OH is 1. The number of hydrogen-bond acceptors (Lipinski definition) is 3. The molecule has 92 valence electrons. The quantitative estimate of drug-likeness (QED) is 0.881. The molecular weight excluding hydrogens is 240 g/mol. The molecule has 3 nitrogen and oxygen atoms in total. The Bertz CT molecular complexity index is 427. The lowest BCUT2D eigenvalue weighted by atomic mass is 9.99. The van der Waals surface area contributed by atoms with Crippen LogP contribution in [0.5, 0.6) is 5.75 Å². The molecule has 2 aliphatic rings. The highest BCUT2D eigenvalue weighted by molar-refractivity contribution is 6.30. The van der Waals surface area contributed by atoms with Gasteiger partial charge in [0.25, 0.3) is 0 Å². The fraction of sp³-hybridized carbons (Fsp3) is 0.538. The molecule has 0 saturated carbocycles. The van der Waals surface area contributed by atoms with Gasteiger partial charge in [0.1, 0.15) is 11.9 Å². The third-order valence-electron chi connectivity index (χ3n) is 3.41. The molecule has 0 aromatic heterocycles. The Balaban J connectivity index is 1.96. The Morgan fingerprint density at radius 3 is 3.00 bits per heavy atom. The van der Waals surface area contributed by atoms with Crippen LogP contribution >= 0.6 is 11.6 Å². The first-order valence-electron chi connectivity index (χ1n) is 6.00. The van der Waals surface area contributed by atoms with Crippen LogP contribution in [-0.2, 0) is 11.2 Å². The van der Waals surface area contributed by atoms with Crippen molar-refractivity contribution in [2.45, 2.75) is 31.5 Å². The lowest BCUT2D eigenvalue weighted by Gasteiger charge is -2.20. The number of fused-ring (bicyclic) bond motifs is 1. The van der Waals surface area contributed by atoms with E-state index in [1.807, 2.05) is 6.07 Å². The van der Waals surface area contributed by atoms with Gasteiger partial charge in [-0.1, -0.05) is 11.6 Å². The predicted molar refractivity (Wildman–Crippen MR) is 64.6 cm³/mol. The maximum atomic E-state index is 10.3. The van der Waals surface area contributed by atoms with Crippen LogP contribution in [-0.4, -0.2) is 24.4 Å². The molecule has 0 spiro atoms. The van der Waals surface area contributed by atoms with Crippen LogP contribution in [0, 0.1) is 0 Å². The minimum Gasteiger partial charge on any atom is -0.493 e. The van der Waals surface area contributed by atoms with Gasteiger partial charge < -0.3 is 14.6 Å². The number of benzene rings is 1. The smallest absolute Gasteiger partial charge is 0.128 e. The van der Waals surface area contributed by atoms with Gasteiger partial charge in [-0.15, -0.1) is 0 Å². The largest absolute Gasteiger partial charge is 0.493 e. The Morgan fingerprint density at radius 1 is 1.35 bits per heavy atom. The Morgan fingerprint density at radius 2 is 2.24 bits per heavy atom. The van der Waals surface area contributed by atoms with Gasteiger partial charge in [0, 0.05) is 23.6 Å². The van der Waals surface area contributed by atoms with E-state index in [0.29, 0.717) is 11.6 Å². The molecule has 0 bridgehead atoms. The zero-order chi connectivity index (χ0) is 11.8. The molecule has 0 amide bonds. The number of hydrogen-bond donors (Lipinski definition) is 1. The number of rotatable bonds is 2. The Labute approximate surface area is 105 Å². The third kappa shape index (κ3) is 2.03. The summed E-state index contributed by atoms with van der Waals surface area (Å²) in [5, 5.41) is 11.0. The van der Waals surface area contributed by atoms with E-state index in [1.165, 1.54) is 0 Å². The molecule has 1 N–H and O–H groups in total. The van der Waals surface area contributed by atoms with E-state index in [4.69, 9.17) is 21.1 Å². The van der Waals surface area contributed by atoms with Gasteiger partial charge in [-0.3, -0.25) is 0 Å². The van der Waals surface area contributed by atoms with E-state index < -0.39 is 6.10 Å². The standard InChI is InChI=1S/C13H15ClO3/c14-9-6-8-3-5-17-13(8)10(7-9)12(15)11-2-1-4-16-11/h6-7,11-12,15H,1-5H2. The van der Waals surface area contributed by atoms with E-state index in [0.717, 1.165) is 42.7 Å². The van der Waals surface area contributed by atoms with Crippen LogP contribution in [0.25, 0.3) is 0 Å². The van der Waals surface area contributed by atoms with E-state index in [9.17, 15) is 5.11 Å². The molecular formula is C13H15ClO3. The van der Waals surface area contributed by atoms with Gasteiger partial charge >= 0.3 is 0 Å². The first-order chi connectivity index (χ1) is 8.25. The Kier molecular flexibility index (Phi) is 2.99. The molecule has 0 radical (unpaired) electrons. The fourth-order valence-electron chi connectivity index (χ4n) is 2.57. The van der Waals surface area contributed by atoms with Crippen molar-refractivity contribution in [3.8, 4) is 5.75 Å². The van der Waals surface area contributed by atoms with Crippen LogP contribution in [0.15, 0.2) is 12.1 Å². The SMILES string of the molecule is OC(c1cc(Cl)cc2c1OCC2)C1CCCO1. The van der Waals surface area contributed by atoms with Crippen LogP contribution in [0.4, 0.5) is 0 Å². The summed E-state index contributed by atoms with van der Waals surface area (Å²) in [6.45, 7) is 1.40. The van der Waals surface area contributed by atoms with Crippen molar-refractivity contribution < 1.29 is 14.6 Å². The predicted octanol–water partition coefficient (Wildman–Crippen LogP) is 2.49. The molecule has 1 aromatic carbocycles. The second-order valence-electron chi connectivity index (χ2n) is 4.58. The molecule has 1 saturated heterocycles. The lowest BCUT2D eigenvalue weighted by molar-refractivity contribution is -0.00364. The van der Waals surface area contributed by atoms with Gasteiger partial charge in [-0.25, -0.2) is 0 Å². The van der Waals surface area contributed by atoms with Gasteiger partial charge in [-0.05, 0) is 30.5 Å². The van der Waals surface area contributed by atoms with Crippen molar-refractivity contribution in [2.75, 3.05) is 13.2 Å². The van der Waals surface area contributed by atoms with Gasteiger partial charge in [0.05, 0.1) is 12.7 Å². The Hall–Kier alpha value is -0.770.